The number of rotatable bonds is 5. The molecule has 0 aliphatic carbocycles. The van der Waals surface area contributed by atoms with Gasteiger partial charge in [-0.3, -0.25) is 4.68 Å². The molecule has 3 nitrogen and oxygen atoms in total. The van der Waals surface area contributed by atoms with Crippen LogP contribution in [0.4, 0.5) is 0 Å². The third kappa shape index (κ3) is 2.34. The molecule has 0 saturated carbocycles. The quantitative estimate of drug-likeness (QED) is 0.860. The molecule has 0 radical (unpaired) electrons. The van der Waals surface area contributed by atoms with Crippen LogP contribution < -0.4 is 0 Å². The van der Waals surface area contributed by atoms with E-state index in [1.807, 2.05) is 23.0 Å². The van der Waals surface area contributed by atoms with E-state index < -0.39 is 0 Å². The molecular weight excluding hydrogens is 212 g/mol. The average molecular weight is 232 g/mol. The summed E-state index contributed by atoms with van der Waals surface area (Å²) in [5, 5.41) is 15.7. The van der Waals surface area contributed by atoms with Gasteiger partial charge in [0, 0.05) is 5.39 Å². The molecule has 1 aromatic heterocycles. The second kappa shape index (κ2) is 5.32. The fraction of sp³-hybridized carbons (Fsp3) is 0.500. The highest BCUT2D eigenvalue weighted by atomic mass is 16.3. The maximum absolute atomic E-state index is 10.2. The lowest BCUT2D eigenvalue weighted by Crippen LogP contribution is -2.24. The molecule has 0 aliphatic rings. The van der Waals surface area contributed by atoms with Crippen LogP contribution in [-0.2, 0) is 0 Å². The van der Waals surface area contributed by atoms with Gasteiger partial charge in [-0.15, -0.1) is 0 Å². The minimum atomic E-state index is -0.312. The lowest BCUT2D eigenvalue weighted by molar-refractivity contribution is 0.0964. The molecule has 2 aromatic rings. The number of para-hydroxylation sites is 1. The Bertz CT molecular complexity index is 478. The summed E-state index contributed by atoms with van der Waals surface area (Å²) in [6.07, 6.45) is 4.28. The normalized spacial score (nSPS) is 15.0. The van der Waals surface area contributed by atoms with Gasteiger partial charge in [-0.2, -0.15) is 5.10 Å². The number of nitrogens with zero attached hydrogens (tertiary/aromatic N) is 2. The number of hydrogen-bond acceptors (Lipinski definition) is 2. The lowest BCUT2D eigenvalue weighted by atomic mass is 10.0. The Morgan fingerprint density at radius 1 is 1.29 bits per heavy atom. The third-order valence-electron chi connectivity index (χ3n) is 3.27. The summed E-state index contributed by atoms with van der Waals surface area (Å²) >= 11 is 0. The van der Waals surface area contributed by atoms with Gasteiger partial charge in [0.05, 0.1) is 23.9 Å². The predicted molar refractivity (Wildman–Crippen MR) is 70.0 cm³/mol. The number of hydrogen-bond donors (Lipinski definition) is 1. The molecule has 2 rings (SSSR count). The van der Waals surface area contributed by atoms with Gasteiger partial charge in [0.1, 0.15) is 0 Å². The van der Waals surface area contributed by atoms with E-state index in [0.29, 0.717) is 0 Å². The number of aliphatic hydroxyl groups is 1. The summed E-state index contributed by atoms with van der Waals surface area (Å²) in [5.41, 5.74) is 1.11. The van der Waals surface area contributed by atoms with Gasteiger partial charge in [-0.05, 0) is 18.9 Å². The first-order chi connectivity index (χ1) is 8.27. The molecule has 0 saturated heterocycles. The molecule has 17 heavy (non-hydrogen) atoms. The Kier molecular flexibility index (Phi) is 3.79. The molecule has 0 amide bonds. The van der Waals surface area contributed by atoms with Gasteiger partial charge < -0.3 is 5.11 Å². The minimum Gasteiger partial charge on any atom is -0.391 e. The van der Waals surface area contributed by atoms with Gasteiger partial charge in [0.2, 0.25) is 0 Å². The molecule has 0 aliphatic heterocycles. The summed E-state index contributed by atoms with van der Waals surface area (Å²) in [7, 11) is 0. The highest BCUT2D eigenvalue weighted by Crippen LogP contribution is 2.24. The monoisotopic (exact) mass is 232 g/mol. The molecule has 0 spiro atoms. The molecule has 1 N–H and O–H groups in total. The van der Waals surface area contributed by atoms with E-state index >= 15 is 0 Å². The Balaban J connectivity index is 2.36. The zero-order valence-electron chi connectivity index (χ0n) is 10.5. The van der Waals surface area contributed by atoms with Crippen LogP contribution in [0.15, 0.2) is 30.5 Å². The van der Waals surface area contributed by atoms with Crippen molar-refractivity contribution < 1.29 is 5.11 Å². The molecule has 0 bridgehead atoms. The van der Waals surface area contributed by atoms with Gasteiger partial charge in [-0.25, -0.2) is 0 Å². The topological polar surface area (TPSA) is 38.0 Å². The second-order valence-corrected chi connectivity index (χ2v) is 4.48. The van der Waals surface area contributed by atoms with Crippen LogP contribution in [0.1, 0.15) is 39.2 Å². The predicted octanol–water partition coefficient (Wildman–Crippen LogP) is 3.15. The molecule has 0 fully saturated rings. The molecule has 3 heteroatoms. The van der Waals surface area contributed by atoms with Gasteiger partial charge in [0.25, 0.3) is 0 Å². The first kappa shape index (κ1) is 12.1. The largest absolute Gasteiger partial charge is 0.391 e. The van der Waals surface area contributed by atoms with E-state index in [0.717, 1.165) is 30.2 Å². The van der Waals surface area contributed by atoms with E-state index in [4.69, 9.17) is 0 Å². The maximum atomic E-state index is 10.2. The van der Waals surface area contributed by atoms with Crippen molar-refractivity contribution in [3.8, 4) is 0 Å². The zero-order valence-corrected chi connectivity index (χ0v) is 10.5. The van der Waals surface area contributed by atoms with Crippen molar-refractivity contribution in [1.29, 1.82) is 0 Å². The lowest BCUT2D eigenvalue weighted by Gasteiger charge is -2.22. The van der Waals surface area contributed by atoms with Crippen LogP contribution in [0.5, 0.6) is 0 Å². The second-order valence-electron chi connectivity index (χ2n) is 4.48. The Morgan fingerprint density at radius 2 is 2.06 bits per heavy atom. The molecule has 2 unspecified atom stereocenters. The summed E-state index contributed by atoms with van der Waals surface area (Å²) in [4.78, 5) is 0. The minimum absolute atomic E-state index is 0.0786. The summed E-state index contributed by atoms with van der Waals surface area (Å²) in [5.74, 6) is 0. The summed E-state index contributed by atoms with van der Waals surface area (Å²) in [6, 6.07) is 8.22. The Labute approximate surface area is 102 Å². The van der Waals surface area contributed by atoms with Crippen LogP contribution in [0.2, 0.25) is 0 Å². The number of aromatic nitrogens is 2. The van der Waals surface area contributed by atoms with Crippen LogP contribution in [0.3, 0.4) is 0 Å². The van der Waals surface area contributed by atoms with Crippen molar-refractivity contribution in [2.45, 2.75) is 45.3 Å². The molecule has 2 atom stereocenters. The third-order valence-corrected chi connectivity index (χ3v) is 3.27. The molecule has 92 valence electrons. The van der Waals surface area contributed by atoms with Crippen molar-refractivity contribution in [3.63, 3.8) is 0 Å². The maximum Gasteiger partial charge on any atom is 0.0782 e. The first-order valence-electron chi connectivity index (χ1n) is 6.38. The summed E-state index contributed by atoms with van der Waals surface area (Å²) < 4.78 is 1.97. The Hall–Kier alpha value is -1.35. The SMILES string of the molecule is CCCC(O)C(CC)n1ncc2ccccc21. The molecular formula is C14H20N2O. The first-order valence-corrected chi connectivity index (χ1v) is 6.38. The van der Waals surface area contributed by atoms with E-state index in [2.05, 4.69) is 31.1 Å². The van der Waals surface area contributed by atoms with Crippen molar-refractivity contribution in [1.82, 2.24) is 9.78 Å². The molecule has 1 heterocycles. The van der Waals surface area contributed by atoms with E-state index in [1.54, 1.807) is 0 Å². The average Bonchev–Trinajstić information content (AvgIpc) is 2.75. The smallest absolute Gasteiger partial charge is 0.0782 e. The van der Waals surface area contributed by atoms with Crippen LogP contribution in [0, 0.1) is 0 Å². The van der Waals surface area contributed by atoms with Crippen LogP contribution in [0.25, 0.3) is 10.9 Å². The highest BCUT2D eigenvalue weighted by Gasteiger charge is 2.20. The zero-order chi connectivity index (χ0) is 12.3. The number of benzene rings is 1. The van der Waals surface area contributed by atoms with Gasteiger partial charge in [-0.1, -0.05) is 38.5 Å². The van der Waals surface area contributed by atoms with Crippen molar-refractivity contribution in [2.24, 2.45) is 0 Å². The van der Waals surface area contributed by atoms with Crippen LogP contribution in [-0.4, -0.2) is 21.0 Å². The van der Waals surface area contributed by atoms with Crippen LogP contribution >= 0.6 is 0 Å². The van der Waals surface area contributed by atoms with Crippen molar-refractivity contribution in [2.75, 3.05) is 0 Å². The highest BCUT2D eigenvalue weighted by molar-refractivity contribution is 5.78. The number of fused-ring (bicyclic) bond motifs is 1. The van der Waals surface area contributed by atoms with E-state index in [-0.39, 0.29) is 12.1 Å². The van der Waals surface area contributed by atoms with Crippen molar-refractivity contribution in [3.05, 3.63) is 30.5 Å². The van der Waals surface area contributed by atoms with Gasteiger partial charge >= 0.3 is 0 Å². The van der Waals surface area contributed by atoms with Gasteiger partial charge in [0.15, 0.2) is 0 Å². The summed E-state index contributed by atoms with van der Waals surface area (Å²) in [6.45, 7) is 4.19. The molecule has 1 aromatic carbocycles. The van der Waals surface area contributed by atoms with Crippen molar-refractivity contribution >= 4 is 10.9 Å². The van der Waals surface area contributed by atoms with E-state index in [9.17, 15) is 5.11 Å². The van der Waals surface area contributed by atoms with E-state index in [1.165, 1.54) is 0 Å². The standard InChI is InChI=1S/C14H20N2O/c1-3-7-14(17)12(4-2)16-13-9-6-5-8-11(13)10-15-16/h5-6,8-10,12,14,17H,3-4,7H2,1-2H3. The fourth-order valence-electron chi connectivity index (χ4n) is 2.35. The number of aliphatic hydroxyl groups excluding tert-OH is 1. The fourth-order valence-corrected chi connectivity index (χ4v) is 2.35. The Morgan fingerprint density at radius 3 is 2.76 bits per heavy atom.